The van der Waals surface area contributed by atoms with E-state index in [-0.39, 0.29) is 0 Å². The zero-order chi connectivity index (χ0) is 14.1. The number of thiocyanates is 1. The predicted octanol–water partition coefficient (Wildman–Crippen LogP) is 4.88. The summed E-state index contributed by atoms with van der Waals surface area (Å²) < 4.78 is 1.88. The lowest BCUT2D eigenvalue weighted by atomic mass is 10.2. The van der Waals surface area contributed by atoms with Gasteiger partial charge in [0, 0.05) is 23.5 Å². The number of hydrogen-bond acceptors (Lipinski definition) is 3. The lowest BCUT2D eigenvalue weighted by Gasteiger charge is -2.02. The van der Waals surface area contributed by atoms with Crippen molar-refractivity contribution in [2.24, 2.45) is 0 Å². The third kappa shape index (κ3) is 2.25. The maximum atomic E-state index is 8.99. The Labute approximate surface area is 129 Å². The largest absolute Gasteiger partial charge is 0.293 e. The van der Waals surface area contributed by atoms with Crippen LogP contribution in [0.5, 0.6) is 0 Å². The highest BCUT2D eigenvalue weighted by Crippen LogP contribution is 2.34. The number of hydrogen-bond donors (Lipinski definition) is 0. The molecule has 0 aliphatic carbocycles. The van der Waals surface area contributed by atoms with Crippen molar-refractivity contribution in [2.45, 2.75) is 5.03 Å². The van der Waals surface area contributed by atoms with Crippen LogP contribution in [0.2, 0.25) is 10.0 Å². The summed E-state index contributed by atoms with van der Waals surface area (Å²) in [6.45, 7) is 0. The van der Waals surface area contributed by atoms with Gasteiger partial charge in [-0.25, -0.2) is 4.98 Å². The van der Waals surface area contributed by atoms with Crippen molar-refractivity contribution in [1.82, 2.24) is 9.38 Å². The van der Waals surface area contributed by atoms with E-state index in [0.29, 0.717) is 10.0 Å². The standard InChI is InChI=1S/C14H7Cl2N3S/c15-10-5-4-9(7-11(10)16)13-14(20-8-17)19-6-2-1-3-12(19)18-13/h1-7H. The molecule has 3 nitrogen and oxygen atoms in total. The molecule has 0 spiro atoms. The van der Waals surface area contributed by atoms with Crippen molar-refractivity contribution in [2.75, 3.05) is 0 Å². The van der Waals surface area contributed by atoms with E-state index in [0.717, 1.165) is 33.7 Å². The molecule has 1 aromatic carbocycles. The van der Waals surface area contributed by atoms with Crippen LogP contribution in [0.15, 0.2) is 47.6 Å². The van der Waals surface area contributed by atoms with Crippen LogP contribution < -0.4 is 0 Å². The van der Waals surface area contributed by atoms with Crippen LogP contribution in [0.1, 0.15) is 0 Å². The molecule has 0 aliphatic heterocycles. The van der Waals surface area contributed by atoms with Crippen molar-refractivity contribution in [3.05, 3.63) is 52.6 Å². The Morgan fingerprint density at radius 3 is 2.75 bits per heavy atom. The highest BCUT2D eigenvalue weighted by molar-refractivity contribution is 8.03. The lowest BCUT2D eigenvalue weighted by molar-refractivity contribution is 1.06. The minimum Gasteiger partial charge on any atom is -0.293 e. The molecule has 3 rings (SSSR count). The molecule has 2 aromatic heterocycles. The van der Waals surface area contributed by atoms with Gasteiger partial charge in [0.25, 0.3) is 0 Å². The van der Waals surface area contributed by atoms with Gasteiger partial charge >= 0.3 is 0 Å². The van der Waals surface area contributed by atoms with Gasteiger partial charge in [-0.2, -0.15) is 5.26 Å². The Morgan fingerprint density at radius 1 is 1.15 bits per heavy atom. The predicted molar refractivity (Wildman–Crippen MR) is 82.1 cm³/mol. The maximum absolute atomic E-state index is 8.99. The highest BCUT2D eigenvalue weighted by Gasteiger charge is 2.15. The normalized spacial score (nSPS) is 10.7. The van der Waals surface area contributed by atoms with E-state index >= 15 is 0 Å². The van der Waals surface area contributed by atoms with E-state index in [1.165, 1.54) is 0 Å². The third-order valence-electron chi connectivity index (χ3n) is 2.82. The number of halogens is 2. The summed E-state index contributed by atoms with van der Waals surface area (Å²) >= 11 is 13.1. The number of fused-ring (bicyclic) bond motifs is 1. The van der Waals surface area contributed by atoms with E-state index in [1.807, 2.05) is 34.9 Å². The SMILES string of the molecule is N#CSc1c(-c2ccc(Cl)c(Cl)c2)nc2ccccn12. The summed E-state index contributed by atoms with van der Waals surface area (Å²) in [5, 5.41) is 12.8. The third-order valence-corrected chi connectivity index (χ3v) is 4.24. The monoisotopic (exact) mass is 319 g/mol. The smallest absolute Gasteiger partial charge is 0.140 e. The highest BCUT2D eigenvalue weighted by atomic mass is 35.5. The molecule has 0 aliphatic rings. The first-order valence-electron chi connectivity index (χ1n) is 5.69. The minimum atomic E-state index is 0.467. The zero-order valence-electron chi connectivity index (χ0n) is 10.0. The van der Waals surface area contributed by atoms with Crippen LogP contribution in [-0.2, 0) is 0 Å². The molecule has 0 unspecified atom stereocenters. The van der Waals surface area contributed by atoms with E-state index in [2.05, 4.69) is 10.4 Å². The van der Waals surface area contributed by atoms with E-state index < -0.39 is 0 Å². The molecular weight excluding hydrogens is 313 g/mol. The van der Waals surface area contributed by atoms with E-state index in [1.54, 1.807) is 12.1 Å². The van der Waals surface area contributed by atoms with Gasteiger partial charge in [-0.15, -0.1) is 0 Å². The van der Waals surface area contributed by atoms with Crippen molar-refractivity contribution in [3.63, 3.8) is 0 Å². The van der Waals surface area contributed by atoms with Crippen LogP contribution in [-0.4, -0.2) is 9.38 Å². The molecule has 0 atom stereocenters. The van der Waals surface area contributed by atoms with Gasteiger partial charge in [0.15, 0.2) is 0 Å². The lowest BCUT2D eigenvalue weighted by Crippen LogP contribution is -1.85. The van der Waals surface area contributed by atoms with E-state index in [4.69, 9.17) is 28.5 Å². The van der Waals surface area contributed by atoms with E-state index in [9.17, 15) is 0 Å². The number of benzene rings is 1. The van der Waals surface area contributed by atoms with Crippen LogP contribution >= 0.6 is 35.0 Å². The summed E-state index contributed by atoms with van der Waals surface area (Å²) in [5.41, 5.74) is 2.34. The zero-order valence-corrected chi connectivity index (χ0v) is 12.4. The Morgan fingerprint density at radius 2 is 2.00 bits per heavy atom. The Balaban J connectivity index is 2.27. The van der Waals surface area contributed by atoms with Gasteiger partial charge in [0.2, 0.25) is 0 Å². The van der Waals surface area contributed by atoms with Gasteiger partial charge in [-0.1, -0.05) is 35.3 Å². The van der Waals surface area contributed by atoms with Crippen LogP contribution in [0.3, 0.4) is 0 Å². The molecule has 20 heavy (non-hydrogen) atoms. The van der Waals surface area contributed by atoms with Gasteiger partial charge in [-0.3, -0.25) is 4.40 Å². The molecule has 0 saturated heterocycles. The second-order valence-corrected chi connectivity index (χ2v) is 5.60. The molecule has 0 radical (unpaired) electrons. The molecule has 98 valence electrons. The number of nitrogens with zero attached hydrogens (tertiary/aromatic N) is 3. The number of nitriles is 1. The second-order valence-electron chi connectivity index (χ2n) is 4.02. The molecular formula is C14H7Cl2N3S. The summed E-state index contributed by atoms with van der Waals surface area (Å²) in [7, 11) is 0. The second kappa shape index (κ2) is 5.37. The quantitative estimate of drug-likeness (QED) is 0.499. The van der Waals surface area contributed by atoms with Crippen LogP contribution in [0.4, 0.5) is 0 Å². The summed E-state index contributed by atoms with van der Waals surface area (Å²) in [6.07, 6.45) is 1.88. The molecule has 0 bridgehead atoms. The molecule has 0 fully saturated rings. The van der Waals surface area contributed by atoms with Crippen molar-refractivity contribution >= 4 is 40.6 Å². The molecule has 3 aromatic rings. The number of thioether (sulfide) groups is 1. The fraction of sp³-hybridized carbons (Fsp3) is 0. The van der Waals surface area contributed by atoms with Gasteiger partial charge < -0.3 is 0 Å². The number of pyridine rings is 1. The Bertz CT molecular complexity index is 836. The summed E-state index contributed by atoms with van der Waals surface area (Å²) in [6, 6.07) is 11.0. The molecule has 0 saturated carbocycles. The van der Waals surface area contributed by atoms with Crippen molar-refractivity contribution in [1.29, 1.82) is 5.26 Å². The summed E-state index contributed by atoms with van der Waals surface area (Å²) in [5.74, 6) is 0. The summed E-state index contributed by atoms with van der Waals surface area (Å²) in [4.78, 5) is 4.56. The average Bonchev–Trinajstić information content (AvgIpc) is 2.82. The van der Waals surface area contributed by atoms with Crippen molar-refractivity contribution in [3.8, 4) is 16.7 Å². The molecule has 0 N–H and O–H groups in total. The molecule has 6 heteroatoms. The molecule has 2 heterocycles. The van der Waals surface area contributed by atoms with Gasteiger partial charge in [0.05, 0.1) is 10.0 Å². The maximum Gasteiger partial charge on any atom is 0.140 e. The number of aromatic nitrogens is 2. The molecule has 0 amide bonds. The first-order chi connectivity index (χ1) is 9.70. The fourth-order valence-corrected chi connectivity index (χ4v) is 2.84. The van der Waals surface area contributed by atoms with Gasteiger partial charge in [0.1, 0.15) is 21.8 Å². The van der Waals surface area contributed by atoms with Crippen LogP contribution in [0, 0.1) is 10.7 Å². The van der Waals surface area contributed by atoms with Crippen LogP contribution in [0.25, 0.3) is 16.9 Å². The number of imidazole rings is 1. The first kappa shape index (κ1) is 13.3. The number of rotatable bonds is 2. The topological polar surface area (TPSA) is 41.1 Å². The van der Waals surface area contributed by atoms with Crippen molar-refractivity contribution < 1.29 is 0 Å². The first-order valence-corrected chi connectivity index (χ1v) is 7.26. The van der Waals surface area contributed by atoms with Gasteiger partial charge in [-0.05, 0) is 24.3 Å². The Kier molecular flexibility index (Phi) is 3.58. The average molecular weight is 320 g/mol. The minimum absolute atomic E-state index is 0.467. The fourth-order valence-electron chi connectivity index (χ4n) is 1.95. The Hall–Kier alpha value is -1.67.